The minimum atomic E-state index is -0.242. The van der Waals surface area contributed by atoms with Gasteiger partial charge in [0.15, 0.2) is 11.7 Å². The fraction of sp³-hybridized carbons (Fsp3) is 0.238. The van der Waals surface area contributed by atoms with E-state index in [4.69, 9.17) is 9.47 Å². The molecular formula is C21H22N2O3S. The molecule has 140 valence electrons. The molecule has 0 fully saturated rings. The largest absolute Gasteiger partial charge is 0.493 e. The van der Waals surface area contributed by atoms with Gasteiger partial charge in [-0.05, 0) is 56.2 Å². The molecule has 0 spiro atoms. The minimum Gasteiger partial charge on any atom is -0.493 e. The molecule has 0 bridgehead atoms. The zero-order chi connectivity index (χ0) is 19.2. The highest BCUT2D eigenvalue weighted by Gasteiger charge is 2.12. The van der Waals surface area contributed by atoms with E-state index in [2.05, 4.69) is 16.4 Å². The lowest BCUT2D eigenvalue weighted by atomic mass is 10.1. The number of amides is 1. The van der Waals surface area contributed by atoms with Crippen LogP contribution in [0.4, 0.5) is 5.13 Å². The number of aryl methyl sites for hydroxylation is 2. The van der Waals surface area contributed by atoms with Gasteiger partial charge in [0.25, 0.3) is 5.91 Å². The summed E-state index contributed by atoms with van der Waals surface area (Å²) >= 11 is 1.37. The predicted molar refractivity (Wildman–Crippen MR) is 109 cm³/mol. The van der Waals surface area contributed by atoms with Gasteiger partial charge >= 0.3 is 0 Å². The lowest BCUT2D eigenvalue weighted by Crippen LogP contribution is -2.20. The first-order valence-electron chi connectivity index (χ1n) is 8.74. The van der Waals surface area contributed by atoms with E-state index in [0.29, 0.717) is 17.5 Å². The van der Waals surface area contributed by atoms with Gasteiger partial charge in [0.2, 0.25) is 0 Å². The number of hydrogen-bond donors (Lipinski definition) is 1. The van der Waals surface area contributed by atoms with Gasteiger partial charge in [0, 0.05) is 10.9 Å². The molecule has 0 saturated heterocycles. The van der Waals surface area contributed by atoms with Crippen molar-refractivity contribution < 1.29 is 14.3 Å². The van der Waals surface area contributed by atoms with Gasteiger partial charge in [-0.1, -0.05) is 18.2 Å². The summed E-state index contributed by atoms with van der Waals surface area (Å²) in [7, 11) is 0. The molecule has 0 aliphatic carbocycles. The van der Waals surface area contributed by atoms with E-state index in [9.17, 15) is 4.79 Å². The molecule has 0 atom stereocenters. The van der Waals surface area contributed by atoms with Crippen molar-refractivity contribution in [3.63, 3.8) is 0 Å². The maximum absolute atomic E-state index is 12.2. The second kappa shape index (κ2) is 8.68. The maximum atomic E-state index is 12.2. The number of nitrogens with zero attached hydrogens (tertiary/aromatic N) is 1. The van der Waals surface area contributed by atoms with Crippen LogP contribution in [0.2, 0.25) is 0 Å². The van der Waals surface area contributed by atoms with Crippen molar-refractivity contribution >= 4 is 22.4 Å². The number of aromatic nitrogens is 1. The summed E-state index contributed by atoms with van der Waals surface area (Å²) in [6, 6.07) is 13.6. The molecule has 0 aliphatic rings. The second-order valence-corrected chi connectivity index (χ2v) is 6.99. The van der Waals surface area contributed by atoms with Crippen molar-refractivity contribution in [2.75, 3.05) is 18.5 Å². The third kappa shape index (κ3) is 5.08. The van der Waals surface area contributed by atoms with Crippen LogP contribution in [-0.4, -0.2) is 24.1 Å². The molecule has 1 N–H and O–H groups in total. The Morgan fingerprint density at radius 1 is 1.11 bits per heavy atom. The molecule has 1 heterocycles. The number of hydrogen-bond acceptors (Lipinski definition) is 5. The summed E-state index contributed by atoms with van der Waals surface area (Å²) < 4.78 is 11.2. The van der Waals surface area contributed by atoms with Crippen molar-refractivity contribution in [1.29, 1.82) is 0 Å². The summed E-state index contributed by atoms with van der Waals surface area (Å²) in [5.74, 6) is 1.22. The molecule has 6 heteroatoms. The molecule has 0 radical (unpaired) electrons. The highest BCUT2D eigenvalue weighted by molar-refractivity contribution is 7.14. The Bertz CT molecular complexity index is 916. The lowest BCUT2D eigenvalue weighted by molar-refractivity contribution is -0.118. The molecule has 1 aromatic heterocycles. The first-order chi connectivity index (χ1) is 13.0. The SMILES string of the molecule is CCOc1ccccc1-c1csc(NC(=O)COc2cc(C)cc(C)c2)n1. The molecule has 3 rings (SSSR count). The Morgan fingerprint density at radius 2 is 1.85 bits per heavy atom. The monoisotopic (exact) mass is 382 g/mol. The topological polar surface area (TPSA) is 60.5 Å². The Kier molecular flexibility index (Phi) is 6.08. The van der Waals surface area contributed by atoms with Crippen LogP contribution in [0, 0.1) is 13.8 Å². The number of thiazole rings is 1. The van der Waals surface area contributed by atoms with Crippen LogP contribution in [0.25, 0.3) is 11.3 Å². The maximum Gasteiger partial charge on any atom is 0.264 e. The molecule has 27 heavy (non-hydrogen) atoms. The molecule has 0 saturated carbocycles. The number of nitrogens with one attached hydrogen (secondary N) is 1. The number of anilines is 1. The van der Waals surface area contributed by atoms with Gasteiger partial charge in [-0.25, -0.2) is 4.98 Å². The Morgan fingerprint density at radius 3 is 2.59 bits per heavy atom. The zero-order valence-electron chi connectivity index (χ0n) is 15.6. The van der Waals surface area contributed by atoms with Crippen LogP contribution < -0.4 is 14.8 Å². The number of carbonyl (C=O) groups is 1. The first kappa shape index (κ1) is 18.9. The highest BCUT2D eigenvalue weighted by atomic mass is 32.1. The smallest absolute Gasteiger partial charge is 0.264 e. The van der Waals surface area contributed by atoms with E-state index in [1.807, 2.05) is 62.5 Å². The number of rotatable bonds is 7. The minimum absolute atomic E-state index is 0.0622. The first-order valence-corrected chi connectivity index (χ1v) is 9.62. The van der Waals surface area contributed by atoms with E-state index < -0.39 is 0 Å². The average Bonchev–Trinajstić information content (AvgIpc) is 3.08. The molecule has 5 nitrogen and oxygen atoms in total. The Hall–Kier alpha value is -2.86. The summed E-state index contributed by atoms with van der Waals surface area (Å²) in [6.45, 7) is 6.46. The normalized spacial score (nSPS) is 10.5. The fourth-order valence-corrected chi connectivity index (χ4v) is 3.46. The Labute approximate surface area is 163 Å². The van der Waals surface area contributed by atoms with Crippen LogP contribution in [0.5, 0.6) is 11.5 Å². The van der Waals surface area contributed by atoms with E-state index in [1.165, 1.54) is 11.3 Å². The summed E-state index contributed by atoms with van der Waals surface area (Å²) in [4.78, 5) is 16.7. The van der Waals surface area contributed by atoms with E-state index in [1.54, 1.807) is 0 Å². The predicted octanol–water partition coefficient (Wildman–Crippen LogP) is 4.84. The molecule has 1 amide bonds. The molecular weight excluding hydrogens is 360 g/mol. The Balaban J connectivity index is 1.63. The van der Waals surface area contributed by atoms with Crippen LogP contribution in [0.1, 0.15) is 18.1 Å². The summed E-state index contributed by atoms with van der Waals surface area (Å²) in [6.07, 6.45) is 0. The summed E-state index contributed by atoms with van der Waals surface area (Å²) in [5.41, 5.74) is 3.88. The van der Waals surface area contributed by atoms with E-state index in [0.717, 1.165) is 28.1 Å². The third-order valence-corrected chi connectivity index (χ3v) is 4.54. The quantitative estimate of drug-likeness (QED) is 0.635. The van der Waals surface area contributed by atoms with Gasteiger partial charge in [-0.15, -0.1) is 11.3 Å². The van der Waals surface area contributed by atoms with Crippen molar-refractivity contribution in [3.8, 4) is 22.8 Å². The van der Waals surface area contributed by atoms with Crippen molar-refractivity contribution in [2.45, 2.75) is 20.8 Å². The van der Waals surface area contributed by atoms with Gasteiger partial charge in [-0.3, -0.25) is 10.1 Å². The lowest BCUT2D eigenvalue weighted by Gasteiger charge is -2.08. The summed E-state index contributed by atoms with van der Waals surface area (Å²) in [5, 5.41) is 5.22. The number of carbonyl (C=O) groups excluding carboxylic acids is 1. The molecule has 0 unspecified atom stereocenters. The third-order valence-electron chi connectivity index (χ3n) is 3.78. The standard InChI is InChI=1S/C21H22N2O3S/c1-4-25-19-8-6-5-7-17(19)18-13-27-21(22-18)23-20(24)12-26-16-10-14(2)9-15(3)11-16/h5-11,13H,4,12H2,1-3H3,(H,22,23,24). The van der Waals surface area contributed by atoms with Crippen LogP contribution in [0.3, 0.4) is 0 Å². The number of para-hydroxylation sites is 1. The van der Waals surface area contributed by atoms with Crippen LogP contribution in [-0.2, 0) is 4.79 Å². The molecule has 0 aliphatic heterocycles. The van der Waals surface area contributed by atoms with E-state index >= 15 is 0 Å². The van der Waals surface area contributed by atoms with Crippen molar-refractivity contribution in [1.82, 2.24) is 4.98 Å². The number of ether oxygens (including phenoxy) is 2. The number of benzene rings is 2. The highest BCUT2D eigenvalue weighted by Crippen LogP contribution is 2.32. The van der Waals surface area contributed by atoms with Gasteiger partial charge in [-0.2, -0.15) is 0 Å². The van der Waals surface area contributed by atoms with Crippen molar-refractivity contribution in [2.24, 2.45) is 0 Å². The molecule has 2 aromatic carbocycles. The van der Waals surface area contributed by atoms with Crippen LogP contribution >= 0.6 is 11.3 Å². The van der Waals surface area contributed by atoms with Gasteiger partial charge < -0.3 is 9.47 Å². The van der Waals surface area contributed by atoms with E-state index in [-0.39, 0.29) is 12.5 Å². The fourth-order valence-electron chi connectivity index (χ4n) is 2.73. The average molecular weight is 382 g/mol. The van der Waals surface area contributed by atoms with Crippen molar-refractivity contribution in [3.05, 3.63) is 59.0 Å². The van der Waals surface area contributed by atoms with Gasteiger partial charge in [0.1, 0.15) is 11.5 Å². The second-order valence-electron chi connectivity index (χ2n) is 6.13. The van der Waals surface area contributed by atoms with Gasteiger partial charge in [0.05, 0.1) is 12.3 Å². The molecule has 3 aromatic rings. The zero-order valence-corrected chi connectivity index (χ0v) is 16.4. The van der Waals surface area contributed by atoms with Crippen LogP contribution in [0.15, 0.2) is 47.8 Å².